The van der Waals surface area contributed by atoms with Gasteiger partial charge in [0, 0.05) is 11.8 Å². The van der Waals surface area contributed by atoms with Gasteiger partial charge in [-0.25, -0.2) is 0 Å². The summed E-state index contributed by atoms with van der Waals surface area (Å²) in [5.74, 6) is 6.46. The van der Waals surface area contributed by atoms with E-state index in [1.807, 2.05) is 0 Å². The highest BCUT2D eigenvalue weighted by atomic mass is 16.2. The summed E-state index contributed by atoms with van der Waals surface area (Å²) in [7, 11) is 0. The molecule has 2 heteroatoms. The van der Waals surface area contributed by atoms with Crippen LogP contribution in [0.15, 0.2) is 12.2 Å². The van der Waals surface area contributed by atoms with Gasteiger partial charge in [0.1, 0.15) is 11.6 Å². The van der Waals surface area contributed by atoms with Crippen LogP contribution in [-0.2, 0) is 9.59 Å². The van der Waals surface area contributed by atoms with Gasteiger partial charge in [-0.05, 0) is 60.2 Å². The summed E-state index contributed by atoms with van der Waals surface area (Å²) in [5.41, 5.74) is -0.328. The van der Waals surface area contributed by atoms with Crippen molar-refractivity contribution < 1.29 is 9.59 Å². The SMILES string of the molecule is O=C1[C@@H]2[C@H]3C[C@H]4[C@@H]2C(=O)[C@]25[C@H]4[C@H]3[C@]12[C@@H]1C=C[C@H]5[C@H]2C[C@H]21. The average molecular weight is 264 g/mol. The molecule has 0 unspecified atom stereocenters. The minimum Gasteiger partial charge on any atom is -0.299 e. The van der Waals surface area contributed by atoms with Gasteiger partial charge in [0.25, 0.3) is 0 Å². The molecule has 9 aliphatic carbocycles. The van der Waals surface area contributed by atoms with Crippen LogP contribution in [-0.4, -0.2) is 11.6 Å². The Morgan fingerprint density at radius 2 is 1.20 bits per heavy atom. The topological polar surface area (TPSA) is 34.1 Å². The zero-order valence-corrected chi connectivity index (χ0v) is 11.2. The van der Waals surface area contributed by atoms with Crippen molar-refractivity contribution in [3.63, 3.8) is 0 Å². The maximum absolute atomic E-state index is 13.4. The molecule has 2 spiro atoms. The number of carbonyl (C=O) groups is 2. The van der Waals surface area contributed by atoms with Crippen LogP contribution in [0.2, 0.25) is 0 Å². The Balaban J connectivity index is 1.60. The molecule has 2 nitrogen and oxygen atoms in total. The molecule has 7 fully saturated rings. The fourth-order valence-corrected chi connectivity index (χ4v) is 10.0. The van der Waals surface area contributed by atoms with Crippen LogP contribution in [0.25, 0.3) is 0 Å². The van der Waals surface area contributed by atoms with Crippen molar-refractivity contribution in [1.82, 2.24) is 0 Å². The van der Waals surface area contributed by atoms with Crippen LogP contribution in [0.1, 0.15) is 12.8 Å². The van der Waals surface area contributed by atoms with Gasteiger partial charge in [0.2, 0.25) is 0 Å². The Morgan fingerprint density at radius 3 is 1.70 bits per heavy atom. The lowest BCUT2D eigenvalue weighted by atomic mass is 9.28. The smallest absolute Gasteiger partial charge is 0.145 e. The molecule has 4 bridgehead atoms. The first-order valence-electron chi connectivity index (χ1n) is 8.52. The van der Waals surface area contributed by atoms with Crippen LogP contribution in [0.3, 0.4) is 0 Å². The summed E-state index contributed by atoms with van der Waals surface area (Å²) >= 11 is 0. The normalized spacial score (nSPS) is 81.0. The molecule has 9 rings (SSSR count). The third kappa shape index (κ3) is 0.450. The third-order valence-corrected chi connectivity index (χ3v) is 9.71. The molecule has 0 radical (unpaired) electrons. The fourth-order valence-electron chi connectivity index (χ4n) is 10.0. The highest BCUT2D eigenvalue weighted by Crippen LogP contribution is 2.97. The first-order valence-corrected chi connectivity index (χ1v) is 8.52. The predicted octanol–water partition coefficient (Wildman–Crippen LogP) is 1.70. The van der Waals surface area contributed by atoms with Crippen LogP contribution in [0.5, 0.6) is 0 Å². The molecular weight excluding hydrogens is 248 g/mol. The van der Waals surface area contributed by atoms with Crippen molar-refractivity contribution in [2.45, 2.75) is 12.8 Å². The number of carbonyl (C=O) groups excluding carboxylic acids is 2. The monoisotopic (exact) mass is 264 g/mol. The van der Waals surface area contributed by atoms with E-state index in [9.17, 15) is 9.59 Å². The lowest BCUT2D eigenvalue weighted by Gasteiger charge is -2.71. The summed E-state index contributed by atoms with van der Waals surface area (Å²) in [6.45, 7) is 0. The molecule has 20 heavy (non-hydrogen) atoms. The zero-order chi connectivity index (χ0) is 12.8. The minimum absolute atomic E-state index is 0.164. The maximum atomic E-state index is 13.4. The van der Waals surface area contributed by atoms with Crippen LogP contribution in [0.4, 0.5) is 0 Å². The highest BCUT2D eigenvalue weighted by molar-refractivity contribution is 6.12. The van der Waals surface area contributed by atoms with E-state index < -0.39 is 0 Å². The minimum atomic E-state index is -0.164. The fraction of sp³-hybridized carbons (Fsp3) is 0.778. The number of Topliss-reactive ketones (excluding diaryl/α,β-unsaturated/α-hetero) is 2. The van der Waals surface area contributed by atoms with E-state index in [0.29, 0.717) is 47.1 Å². The van der Waals surface area contributed by atoms with Crippen molar-refractivity contribution in [1.29, 1.82) is 0 Å². The highest BCUT2D eigenvalue weighted by Gasteiger charge is 3.00. The van der Waals surface area contributed by atoms with E-state index in [0.717, 1.165) is 11.8 Å². The van der Waals surface area contributed by atoms with Gasteiger partial charge in [-0.3, -0.25) is 9.59 Å². The molecule has 0 aromatic carbocycles. The van der Waals surface area contributed by atoms with Crippen LogP contribution in [0, 0.1) is 70.0 Å². The first-order chi connectivity index (χ1) is 9.75. The van der Waals surface area contributed by atoms with Crippen molar-refractivity contribution in [3.8, 4) is 0 Å². The summed E-state index contributed by atoms with van der Waals surface area (Å²) in [4.78, 5) is 26.7. The second-order valence-electron chi connectivity index (χ2n) is 9.13. The molecule has 100 valence electrons. The lowest BCUT2D eigenvalue weighted by molar-refractivity contribution is -0.235. The van der Waals surface area contributed by atoms with Gasteiger partial charge >= 0.3 is 0 Å². The lowest BCUT2D eigenvalue weighted by Crippen LogP contribution is -2.76. The maximum Gasteiger partial charge on any atom is 0.145 e. The Hall–Kier alpha value is -0.920. The van der Waals surface area contributed by atoms with E-state index in [1.54, 1.807) is 0 Å². The van der Waals surface area contributed by atoms with Gasteiger partial charge in [-0.2, -0.15) is 0 Å². The van der Waals surface area contributed by atoms with E-state index >= 15 is 0 Å². The van der Waals surface area contributed by atoms with Crippen molar-refractivity contribution in [2.24, 2.45) is 70.0 Å². The van der Waals surface area contributed by atoms with Gasteiger partial charge in [0.15, 0.2) is 0 Å². The standard InChI is InChI=1S/C18H16O2/c19-15-11-7-4-8-12(11)16(20)18-10-2-1-9(5-3-6(5)10)17(15,18)13(7)14(8)18/h1-2,5-14H,3-4H2/t5-,6+,7-,8+,9-,10+,11-,12+,13+,14-,17-,18+. The molecule has 0 saturated heterocycles. The second kappa shape index (κ2) is 2.02. The number of hydrogen-bond acceptors (Lipinski definition) is 2. The second-order valence-corrected chi connectivity index (χ2v) is 9.13. The third-order valence-electron chi connectivity index (χ3n) is 9.71. The molecule has 0 aromatic heterocycles. The molecule has 0 heterocycles. The van der Waals surface area contributed by atoms with Crippen molar-refractivity contribution in [3.05, 3.63) is 12.2 Å². The summed E-state index contributed by atoms with van der Waals surface area (Å²) in [6.07, 6.45) is 7.30. The number of rotatable bonds is 0. The summed E-state index contributed by atoms with van der Waals surface area (Å²) in [5, 5.41) is 0. The quantitative estimate of drug-likeness (QED) is 0.624. The molecule has 0 amide bonds. The molecular formula is C18H16O2. The molecule has 0 aliphatic heterocycles. The van der Waals surface area contributed by atoms with Crippen LogP contribution >= 0.6 is 0 Å². The van der Waals surface area contributed by atoms with E-state index in [1.165, 1.54) is 12.8 Å². The molecule has 7 saturated carbocycles. The largest absolute Gasteiger partial charge is 0.299 e. The van der Waals surface area contributed by atoms with E-state index in [4.69, 9.17) is 0 Å². The first kappa shape index (κ1) is 9.17. The summed E-state index contributed by atoms with van der Waals surface area (Å²) in [6, 6.07) is 0. The van der Waals surface area contributed by atoms with Gasteiger partial charge in [0.05, 0.1) is 10.8 Å². The Bertz CT molecular complexity index is 663. The van der Waals surface area contributed by atoms with E-state index in [2.05, 4.69) is 12.2 Å². The van der Waals surface area contributed by atoms with Crippen LogP contribution < -0.4 is 0 Å². The Labute approximate surface area is 117 Å². The number of hydrogen-bond donors (Lipinski definition) is 0. The Kier molecular flexibility index (Phi) is 0.927. The molecule has 0 aromatic rings. The molecule has 12 atom stereocenters. The number of ketones is 2. The summed E-state index contributed by atoms with van der Waals surface area (Å²) < 4.78 is 0. The zero-order valence-electron chi connectivity index (χ0n) is 11.2. The molecule has 0 N–H and O–H groups in total. The predicted molar refractivity (Wildman–Crippen MR) is 68.2 cm³/mol. The number of fused-ring (bicyclic) bond motifs is 1. The van der Waals surface area contributed by atoms with Gasteiger partial charge in [-0.1, -0.05) is 12.2 Å². The van der Waals surface area contributed by atoms with E-state index in [-0.39, 0.29) is 22.7 Å². The van der Waals surface area contributed by atoms with Crippen molar-refractivity contribution in [2.75, 3.05) is 0 Å². The Morgan fingerprint density at radius 1 is 0.750 bits per heavy atom. The van der Waals surface area contributed by atoms with Gasteiger partial charge in [-0.15, -0.1) is 0 Å². The molecule has 9 aliphatic rings. The number of allylic oxidation sites excluding steroid dienone is 2. The van der Waals surface area contributed by atoms with Crippen molar-refractivity contribution >= 4 is 11.6 Å². The van der Waals surface area contributed by atoms with Gasteiger partial charge < -0.3 is 0 Å². The average Bonchev–Trinajstić information content (AvgIpc) is 3.02.